The number of nitrogens with two attached hydrogens (primary N) is 2. The summed E-state index contributed by atoms with van der Waals surface area (Å²) >= 11 is 0. The Morgan fingerprint density at radius 3 is 1.71 bits per heavy atom. The number of hydrogen-bond donors (Lipinski definition) is 4. The van der Waals surface area contributed by atoms with E-state index in [2.05, 4.69) is 24.5 Å². The van der Waals surface area contributed by atoms with Gasteiger partial charge in [0.25, 0.3) is 11.8 Å². The fraction of sp³-hybridized carbons (Fsp3) is 0.143. The molecule has 6 nitrogen and oxygen atoms in total. The number of allylic oxidation sites excluding steroid dienone is 4. The highest BCUT2D eigenvalue weighted by atomic mass is 16.2. The average Bonchev–Trinajstić information content (AvgIpc) is 2.81. The molecule has 0 fully saturated rings. The molecular weight excluding hydrogens is 424 g/mol. The number of benzene rings is 3. The Morgan fingerprint density at radius 2 is 1.21 bits per heavy atom. The first kappa shape index (κ1) is 22.9. The highest BCUT2D eigenvalue weighted by Gasteiger charge is 2.29. The molecule has 4 rings (SSSR count). The van der Waals surface area contributed by atoms with Crippen molar-refractivity contribution in [2.24, 2.45) is 5.41 Å². The summed E-state index contributed by atoms with van der Waals surface area (Å²) in [6, 6.07) is 21.4. The van der Waals surface area contributed by atoms with Crippen LogP contribution in [0.15, 0.2) is 90.6 Å². The number of amides is 2. The number of nitrogens with one attached hydrogen (secondary N) is 2. The zero-order valence-electron chi connectivity index (χ0n) is 19.3. The zero-order chi connectivity index (χ0) is 24.3. The molecule has 3 aromatic carbocycles. The lowest BCUT2D eigenvalue weighted by atomic mass is 9.77. The van der Waals surface area contributed by atoms with Crippen LogP contribution in [-0.2, 0) is 0 Å². The van der Waals surface area contributed by atoms with Crippen LogP contribution in [0.25, 0.3) is 5.57 Å². The van der Waals surface area contributed by atoms with E-state index in [4.69, 9.17) is 11.5 Å². The molecule has 2 amide bonds. The fourth-order valence-electron chi connectivity index (χ4n) is 3.88. The summed E-state index contributed by atoms with van der Waals surface area (Å²) < 4.78 is 0. The molecule has 0 spiro atoms. The van der Waals surface area contributed by atoms with Crippen LogP contribution in [-0.4, -0.2) is 11.8 Å². The van der Waals surface area contributed by atoms with Crippen molar-refractivity contribution in [1.82, 2.24) is 5.32 Å². The molecule has 0 aliphatic heterocycles. The standard InChI is InChI=1S/C28H28N4O2/c1-28(2)17-21(9-16-25(28)32-27(34)20-5-12-23(30)13-6-20)18-7-14-24(15-8-18)31-26(33)19-3-10-22(29)11-4-19/h3-16H,17,29-30H2,1-2H3,(H,31,33)(H,32,34). The van der Waals surface area contributed by atoms with E-state index in [1.165, 1.54) is 0 Å². The van der Waals surface area contributed by atoms with Crippen LogP contribution in [0.4, 0.5) is 17.1 Å². The van der Waals surface area contributed by atoms with Gasteiger partial charge in [0, 0.05) is 39.3 Å². The van der Waals surface area contributed by atoms with Crippen LogP contribution in [0.2, 0.25) is 0 Å². The first-order valence-electron chi connectivity index (χ1n) is 11.1. The Labute approximate surface area is 199 Å². The van der Waals surface area contributed by atoms with Crippen LogP contribution < -0.4 is 22.1 Å². The maximum atomic E-state index is 12.7. The molecule has 0 heterocycles. The lowest BCUT2D eigenvalue weighted by molar-refractivity contribution is 0.0955. The van der Waals surface area contributed by atoms with Gasteiger partial charge >= 0.3 is 0 Å². The van der Waals surface area contributed by atoms with E-state index in [-0.39, 0.29) is 17.2 Å². The van der Waals surface area contributed by atoms with Crippen molar-refractivity contribution in [2.75, 3.05) is 16.8 Å². The number of rotatable bonds is 5. The predicted octanol–water partition coefficient (Wildman–Crippen LogP) is 5.23. The van der Waals surface area contributed by atoms with Gasteiger partial charge in [-0.15, -0.1) is 0 Å². The van der Waals surface area contributed by atoms with Gasteiger partial charge in [-0.3, -0.25) is 9.59 Å². The first-order chi connectivity index (χ1) is 16.2. The summed E-state index contributed by atoms with van der Waals surface area (Å²) in [5, 5.41) is 5.95. The topological polar surface area (TPSA) is 110 Å². The van der Waals surface area contributed by atoms with Crippen LogP contribution in [0.3, 0.4) is 0 Å². The van der Waals surface area contributed by atoms with Crippen LogP contribution in [0, 0.1) is 5.41 Å². The zero-order valence-corrected chi connectivity index (χ0v) is 19.3. The number of hydrogen-bond acceptors (Lipinski definition) is 4. The van der Waals surface area contributed by atoms with Crippen molar-refractivity contribution in [1.29, 1.82) is 0 Å². The van der Waals surface area contributed by atoms with Crippen molar-refractivity contribution in [3.63, 3.8) is 0 Å². The minimum Gasteiger partial charge on any atom is -0.399 e. The van der Waals surface area contributed by atoms with Gasteiger partial charge in [0.1, 0.15) is 0 Å². The van der Waals surface area contributed by atoms with E-state index in [0.717, 1.165) is 23.3 Å². The highest BCUT2D eigenvalue weighted by Crippen LogP contribution is 2.39. The molecule has 172 valence electrons. The molecule has 0 atom stereocenters. The number of anilines is 3. The lowest BCUT2D eigenvalue weighted by Crippen LogP contribution is -2.33. The second-order valence-corrected chi connectivity index (χ2v) is 9.06. The number of carbonyl (C=O) groups is 2. The smallest absolute Gasteiger partial charge is 0.255 e. The molecule has 0 unspecified atom stereocenters. The van der Waals surface area contributed by atoms with Gasteiger partial charge < -0.3 is 22.1 Å². The van der Waals surface area contributed by atoms with Gasteiger partial charge in [0.15, 0.2) is 0 Å². The highest BCUT2D eigenvalue weighted by molar-refractivity contribution is 6.04. The maximum Gasteiger partial charge on any atom is 0.255 e. The Hall–Kier alpha value is -4.32. The van der Waals surface area contributed by atoms with E-state index >= 15 is 0 Å². The van der Waals surface area contributed by atoms with Gasteiger partial charge in [-0.05, 0) is 84.3 Å². The second kappa shape index (κ2) is 9.27. The van der Waals surface area contributed by atoms with Crippen LogP contribution in [0.1, 0.15) is 46.5 Å². The minimum absolute atomic E-state index is 0.155. The van der Waals surface area contributed by atoms with Gasteiger partial charge in [-0.25, -0.2) is 0 Å². The Morgan fingerprint density at radius 1 is 0.706 bits per heavy atom. The van der Waals surface area contributed by atoms with Crippen molar-refractivity contribution in [2.45, 2.75) is 20.3 Å². The normalized spacial score (nSPS) is 14.5. The van der Waals surface area contributed by atoms with E-state index in [1.54, 1.807) is 48.5 Å². The van der Waals surface area contributed by atoms with Crippen molar-refractivity contribution in [3.8, 4) is 0 Å². The quantitative estimate of drug-likeness (QED) is 0.397. The van der Waals surface area contributed by atoms with Crippen LogP contribution in [0.5, 0.6) is 0 Å². The minimum atomic E-state index is -0.254. The Balaban J connectivity index is 1.45. The summed E-state index contributed by atoms with van der Waals surface area (Å²) in [7, 11) is 0. The van der Waals surface area contributed by atoms with Crippen LogP contribution >= 0.6 is 0 Å². The summed E-state index contributed by atoms with van der Waals surface area (Å²) in [4.78, 5) is 25.1. The largest absolute Gasteiger partial charge is 0.399 e. The number of nitrogen functional groups attached to an aromatic ring is 2. The fourth-order valence-corrected chi connectivity index (χ4v) is 3.88. The second-order valence-electron chi connectivity index (χ2n) is 9.06. The molecule has 6 N–H and O–H groups in total. The SMILES string of the molecule is CC1(C)CC(c2ccc(NC(=O)c3ccc(N)cc3)cc2)=CC=C1NC(=O)c1ccc(N)cc1. The molecule has 0 saturated heterocycles. The van der Waals surface area contributed by atoms with E-state index in [1.807, 2.05) is 36.4 Å². The molecule has 0 radical (unpaired) electrons. The third-order valence-electron chi connectivity index (χ3n) is 5.92. The van der Waals surface area contributed by atoms with Crippen molar-refractivity contribution >= 4 is 34.4 Å². The molecule has 1 aliphatic carbocycles. The summed E-state index contributed by atoms with van der Waals surface area (Å²) in [5.41, 5.74) is 17.3. The average molecular weight is 453 g/mol. The molecule has 34 heavy (non-hydrogen) atoms. The third kappa shape index (κ3) is 5.18. The third-order valence-corrected chi connectivity index (χ3v) is 5.92. The van der Waals surface area contributed by atoms with Gasteiger partial charge in [-0.2, -0.15) is 0 Å². The molecule has 1 aliphatic rings. The van der Waals surface area contributed by atoms with E-state index in [0.29, 0.717) is 28.2 Å². The van der Waals surface area contributed by atoms with Gasteiger partial charge in [-0.1, -0.05) is 32.1 Å². The summed E-state index contributed by atoms with van der Waals surface area (Å²) in [6.07, 6.45) is 4.76. The maximum absolute atomic E-state index is 12.7. The predicted molar refractivity (Wildman–Crippen MR) is 138 cm³/mol. The summed E-state index contributed by atoms with van der Waals surface area (Å²) in [6.45, 7) is 4.21. The summed E-state index contributed by atoms with van der Waals surface area (Å²) in [5.74, 6) is -0.340. The van der Waals surface area contributed by atoms with E-state index in [9.17, 15) is 9.59 Å². The lowest BCUT2D eigenvalue weighted by Gasteiger charge is -2.32. The Kier molecular flexibility index (Phi) is 6.23. The molecule has 3 aromatic rings. The molecule has 0 saturated carbocycles. The van der Waals surface area contributed by atoms with E-state index < -0.39 is 0 Å². The monoisotopic (exact) mass is 452 g/mol. The van der Waals surface area contributed by atoms with Crippen molar-refractivity contribution < 1.29 is 9.59 Å². The Bertz CT molecular complexity index is 1270. The molecular formula is C28H28N4O2. The number of carbonyl (C=O) groups excluding carboxylic acids is 2. The van der Waals surface area contributed by atoms with Gasteiger partial charge in [0.2, 0.25) is 0 Å². The molecule has 6 heteroatoms. The van der Waals surface area contributed by atoms with Gasteiger partial charge in [0.05, 0.1) is 0 Å². The first-order valence-corrected chi connectivity index (χ1v) is 11.1. The molecule has 0 bridgehead atoms. The molecule has 0 aromatic heterocycles. The van der Waals surface area contributed by atoms with Crippen molar-refractivity contribution in [3.05, 3.63) is 107 Å².